The van der Waals surface area contributed by atoms with E-state index in [4.69, 9.17) is 4.74 Å². The number of hydrogen-bond donors (Lipinski definition) is 0. The summed E-state index contributed by atoms with van der Waals surface area (Å²) in [5.41, 5.74) is 4.89. The van der Waals surface area contributed by atoms with Crippen molar-refractivity contribution in [3.63, 3.8) is 0 Å². The number of ether oxygens (including phenoxy) is 1. The van der Waals surface area contributed by atoms with E-state index in [9.17, 15) is 4.79 Å². The van der Waals surface area contributed by atoms with Gasteiger partial charge in [-0.05, 0) is 55.2 Å². The highest BCUT2D eigenvalue weighted by molar-refractivity contribution is 5.79. The van der Waals surface area contributed by atoms with Gasteiger partial charge in [-0.3, -0.25) is 4.79 Å². The third-order valence-corrected chi connectivity index (χ3v) is 5.11. The zero-order valence-corrected chi connectivity index (χ0v) is 14.2. The van der Waals surface area contributed by atoms with Gasteiger partial charge in [0.1, 0.15) is 6.10 Å². The molecule has 1 unspecified atom stereocenters. The van der Waals surface area contributed by atoms with Gasteiger partial charge in [0.15, 0.2) is 0 Å². The van der Waals surface area contributed by atoms with Gasteiger partial charge in [0.2, 0.25) is 0 Å². The van der Waals surface area contributed by atoms with E-state index in [1.807, 2.05) is 0 Å². The summed E-state index contributed by atoms with van der Waals surface area (Å²) in [5.74, 6) is 0.269. The van der Waals surface area contributed by atoms with E-state index >= 15 is 0 Å². The summed E-state index contributed by atoms with van der Waals surface area (Å²) in [6.45, 7) is 16.8. The molecule has 0 aliphatic heterocycles. The van der Waals surface area contributed by atoms with Crippen molar-refractivity contribution in [2.45, 2.75) is 60.5 Å². The van der Waals surface area contributed by atoms with Crippen molar-refractivity contribution < 1.29 is 9.53 Å². The number of esters is 1. The molecule has 0 bridgehead atoms. The lowest BCUT2D eigenvalue weighted by molar-refractivity contribution is -0.149. The smallest absolute Gasteiger partial charge is 0.310 e. The molecule has 0 aromatic carbocycles. The fourth-order valence-electron chi connectivity index (χ4n) is 3.64. The van der Waals surface area contributed by atoms with Crippen LogP contribution in [0.25, 0.3) is 0 Å². The van der Waals surface area contributed by atoms with E-state index in [-0.39, 0.29) is 23.4 Å². The Bertz CT molecular complexity index is 530. The summed E-state index contributed by atoms with van der Waals surface area (Å²) in [6.07, 6.45) is 3.85. The predicted octanol–water partition coefficient (Wildman–Crippen LogP) is 4.82. The number of rotatable bonds is 4. The standard InChI is InChI=1S/C19H28O2/c1-8-14-12(4)10-16(13(14)5)21-18(20)17-15(9-11(2)3)19(17,6)7/h9,15-17H,4,8,10H2,1-3,5-7H3/t15-,16?,17+/m1/s1. The van der Waals surface area contributed by atoms with Crippen LogP contribution in [0.1, 0.15) is 54.4 Å². The van der Waals surface area contributed by atoms with Crippen LogP contribution in [0.3, 0.4) is 0 Å². The van der Waals surface area contributed by atoms with Crippen molar-refractivity contribution in [1.29, 1.82) is 0 Å². The molecule has 1 fully saturated rings. The van der Waals surface area contributed by atoms with Gasteiger partial charge in [0.25, 0.3) is 0 Å². The quantitative estimate of drug-likeness (QED) is 0.547. The van der Waals surface area contributed by atoms with Crippen LogP contribution in [0.5, 0.6) is 0 Å². The zero-order valence-electron chi connectivity index (χ0n) is 14.2. The fourth-order valence-corrected chi connectivity index (χ4v) is 3.64. The average molecular weight is 288 g/mol. The summed E-state index contributed by atoms with van der Waals surface area (Å²) in [7, 11) is 0. The Morgan fingerprint density at radius 1 is 1.43 bits per heavy atom. The first-order chi connectivity index (χ1) is 9.70. The first-order valence-electron chi connectivity index (χ1n) is 7.93. The zero-order chi connectivity index (χ0) is 15.9. The Labute approximate surface area is 129 Å². The molecule has 0 amide bonds. The molecular formula is C19H28O2. The summed E-state index contributed by atoms with van der Waals surface area (Å²) < 4.78 is 5.81. The third-order valence-electron chi connectivity index (χ3n) is 5.11. The maximum atomic E-state index is 12.5. The monoisotopic (exact) mass is 288 g/mol. The normalized spacial score (nSPS) is 30.4. The lowest BCUT2D eigenvalue weighted by Gasteiger charge is -2.14. The van der Waals surface area contributed by atoms with E-state index < -0.39 is 0 Å². The summed E-state index contributed by atoms with van der Waals surface area (Å²) in [5, 5.41) is 0. The highest BCUT2D eigenvalue weighted by atomic mass is 16.5. The van der Waals surface area contributed by atoms with Crippen molar-refractivity contribution in [3.8, 4) is 0 Å². The van der Waals surface area contributed by atoms with Crippen LogP contribution in [0.4, 0.5) is 0 Å². The average Bonchev–Trinajstić information content (AvgIpc) is 2.76. The van der Waals surface area contributed by atoms with Crippen molar-refractivity contribution in [2.75, 3.05) is 0 Å². The first-order valence-corrected chi connectivity index (χ1v) is 7.93. The second-order valence-corrected chi connectivity index (χ2v) is 7.32. The van der Waals surface area contributed by atoms with Gasteiger partial charge in [-0.25, -0.2) is 0 Å². The van der Waals surface area contributed by atoms with Crippen molar-refractivity contribution in [2.24, 2.45) is 17.3 Å². The number of allylic oxidation sites excluding steroid dienone is 3. The molecule has 21 heavy (non-hydrogen) atoms. The molecule has 2 aliphatic carbocycles. The van der Waals surface area contributed by atoms with Gasteiger partial charge in [-0.2, -0.15) is 0 Å². The number of carbonyl (C=O) groups excluding carboxylic acids is 1. The molecule has 2 rings (SSSR count). The number of hydrogen-bond acceptors (Lipinski definition) is 2. The SMILES string of the molecule is C=C1CC(OC(=O)[C@@H]2[C@@H](C=C(C)C)C2(C)C)C(C)=C1CC. The van der Waals surface area contributed by atoms with E-state index in [0.29, 0.717) is 5.92 Å². The molecule has 0 aromatic heterocycles. The van der Waals surface area contributed by atoms with Crippen LogP contribution < -0.4 is 0 Å². The Morgan fingerprint density at radius 2 is 2.05 bits per heavy atom. The topological polar surface area (TPSA) is 26.3 Å². The first kappa shape index (κ1) is 16.1. The van der Waals surface area contributed by atoms with E-state index in [1.54, 1.807) is 0 Å². The minimum absolute atomic E-state index is 0.000795. The Morgan fingerprint density at radius 3 is 2.52 bits per heavy atom. The summed E-state index contributed by atoms with van der Waals surface area (Å²) in [4.78, 5) is 12.5. The molecule has 0 radical (unpaired) electrons. The van der Waals surface area contributed by atoms with Gasteiger partial charge in [0, 0.05) is 6.42 Å². The number of carbonyl (C=O) groups is 1. The maximum Gasteiger partial charge on any atom is 0.310 e. The molecule has 2 heteroatoms. The highest BCUT2D eigenvalue weighted by Crippen LogP contribution is 2.60. The Kier molecular flexibility index (Phi) is 4.19. The molecule has 116 valence electrons. The van der Waals surface area contributed by atoms with Crippen molar-refractivity contribution in [3.05, 3.63) is 34.9 Å². The van der Waals surface area contributed by atoms with Crippen molar-refractivity contribution >= 4 is 5.97 Å². The third kappa shape index (κ3) is 2.86. The molecule has 2 aliphatic rings. The predicted molar refractivity (Wildman–Crippen MR) is 86.8 cm³/mol. The van der Waals surface area contributed by atoms with Gasteiger partial charge >= 0.3 is 5.97 Å². The van der Waals surface area contributed by atoms with E-state index in [0.717, 1.165) is 18.4 Å². The molecule has 0 saturated heterocycles. The van der Waals surface area contributed by atoms with Gasteiger partial charge < -0.3 is 4.74 Å². The minimum Gasteiger partial charge on any atom is -0.457 e. The molecular weight excluding hydrogens is 260 g/mol. The largest absolute Gasteiger partial charge is 0.457 e. The molecule has 0 aromatic rings. The van der Waals surface area contributed by atoms with Crippen molar-refractivity contribution in [1.82, 2.24) is 0 Å². The van der Waals surface area contributed by atoms with E-state index in [1.165, 1.54) is 16.7 Å². The van der Waals surface area contributed by atoms with Crippen LogP contribution in [0.15, 0.2) is 34.9 Å². The van der Waals surface area contributed by atoms with Crippen LogP contribution in [0, 0.1) is 17.3 Å². The molecule has 0 N–H and O–H groups in total. The molecule has 3 atom stereocenters. The van der Waals surface area contributed by atoms with E-state index in [2.05, 4.69) is 54.2 Å². The lowest BCUT2D eigenvalue weighted by Crippen LogP contribution is -2.20. The molecule has 1 saturated carbocycles. The summed E-state index contributed by atoms with van der Waals surface area (Å²) in [6, 6.07) is 0. The Balaban J connectivity index is 2.06. The van der Waals surface area contributed by atoms with Crippen LogP contribution in [-0.4, -0.2) is 12.1 Å². The molecule has 2 nitrogen and oxygen atoms in total. The Hall–Kier alpha value is -1.31. The summed E-state index contributed by atoms with van der Waals surface area (Å²) >= 11 is 0. The van der Waals surface area contributed by atoms with Gasteiger partial charge in [0.05, 0.1) is 5.92 Å². The lowest BCUT2D eigenvalue weighted by atomic mass is 10.1. The van der Waals surface area contributed by atoms with Gasteiger partial charge in [-0.15, -0.1) is 0 Å². The van der Waals surface area contributed by atoms with Crippen LogP contribution in [-0.2, 0) is 9.53 Å². The second kappa shape index (κ2) is 5.47. The van der Waals surface area contributed by atoms with Gasteiger partial charge in [-0.1, -0.05) is 39.0 Å². The van der Waals surface area contributed by atoms with Crippen LogP contribution in [0.2, 0.25) is 0 Å². The maximum absolute atomic E-state index is 12.5. The highest BCUT2D eigenvalue weighted by Gasteiger charge is 2.61. The second-order valence-electron chi connectivity index (χ2n) is 7.32. The molecule has 0 heterocycles. The molecule has 0 spiro atoms. The minimum atomic E-state index is -0.0938. The van der Waals surface area contributed by atoms with Crippen LogP contribution >= 0.6 is 0 Å². The fraction of sp³-hybridized carbons (Fsp3) is 0.632.